The number of rotatable bonds is 4. The summed E-state index contributed by atoms with van der Waals surface area (Å²) in [5.74, 6) is 0.391. The SMILES string of the molecule is CC1(c2ccc3c(c2)OCCCO3)NC(=O)N(CC(=O)NC2CC2)C1=O. The van der Waals surface area contributed by atoms with E-state index in [1.807, 2.05) is 0 Å². The number of ether oxygens (including phenoxy) is 2. The first-order chi connectivity index (χ1) is 12.5. The lowest BCUT2D eigenvalue weighted by molar-refractivity contribution is -0.134. The minimum absolute atomic E-state index is 0.177. The summed E-state index contributed by atoms with van der Waals surface area (Å²) in [6.07, 6.45) is 2.67. The van der Waals surface area contributed by atoms with Gasteiger partial charge in [0.1, 0.15) is 12.1 Å². The van der Waals surface area contributed by atoms with E-state index in [0.29, 0.717) is 30.3 Å². The second-order valence-electron chi connectivity index (χ2n) is 7.00. The maximum Gasteiger partial charge on any atom is 0.325 e. The van der Waals surface area contributed by atoms with Crippen LogP contribution in [0.3, 0.4) is 0 Å². The third-order valence-electron chi connectivity index (χ3n) is 4.84. The van der Waals surface area contributed by atoms with Crippen molar-refractivity contribution in [3.8, 4) is 11.5 Å². The van der Waals surface area contributed by atoms with Gasteiger partial charge in [0.25, 0.3) is 5.91 Å². The number of imide groups is 1. The number of amides is 4. The predicted octanol–water partition coefficient (Wildman–Crippen LogP) is 0.893. The van der Waals surface area contributed by atoms with E-state index in [0.717, 1.165) is 24.2 Å². The molecule has 1 saturated carbocycles. The van der Waals surface area contributed by atoms with Crippen LogP contribution < -0.4 is 20.1 Å². The molecular formula is C18H21N3O5. The molecule has 1 aromatic rings. The van der Waals surface area contributed by atoms with Crippen molar-refractivity contribution in [2.24, 2.45) is 0 Å². The van der Waals surface area contributed by atoms with Gasteiger partial charge in [0.2, 0.25) is 5.91 Å². The van der Waals surface area contributed by atoms with E-state index in [-0.39, 0.29) is 18.5 Å². The van der Waals surface area contributed by atoms with Crippen LogP contribution in [0.5, 0.6) is 11.5 Å². The van der Waals surface area contributed by atoms with Crippen molar-refractivity contribution < 1.29 is 23.9 Å². The van der Waals surface area contributed by atoms with Gasteiger partial charge in [-0.2, -0.15) is 0 Å². The van der Waals surface area contributed by atoms with E-state index in [1.54, 1.807) is 25.1 Å². The van der Waals surface area contributed by atoms with Crippen molar-refractivity contribution in [1.29, 1.82) is 0 Å². The minimum Gasteiger partial charge on any atom is -0.490 e. The molecule has 2 aliphatic heterocycles. The van der Waals surface area contributed by atoms with Crippen molar-refractivity contribution in [1.82, 2.24) is 15.5 Å². The molecule has 4 rings (SSSR count). The van der Waals surface area contributed by atoms with Gasteiger partial charge in [0.05, 0.1) is 13.2 Å². The van der Waals surface area contributed by atoms with Gasteiger partial charge in [-0.3, -0.25) is 14.5 Å². The van der Waals surface area contributed by atoms with Crippen LogP contribution in [-0.4, -0.2) is 48.5 Å². The van der Waals surface area contributed by atoms with E-state index in [4.69, 9.17) is 9.47 Å². The Morgan fingerprint density at radius 2 is 2.00 bits per heavy atom. The molecule has 3 aliphatic rings. The van der Waals surface area contributed by atoms with Crippen LogP contribution in [0.2, 0.25) is 0 Å². The molecule has 26 heavy (non-hydrogen) atoms. The van der Waals surface area contributed by atoms with Crippen LogP contribution in [0, 0.1) is 0 Å². The van der Waals surface area contributed by atoms with Gasteiger partial charge in [-0.05, 0) is 37.5 Å². The standard InChI is InChI=1S/C18H21N3O5/c1-18(11-3-6-13-14(9-11)26-8-2-7-25-13)16(23)21(17(24)20-18)10-15(22)19-12-4-5-12/h3,6,9,12H,2,4-5,7-8,10H2,1H3,(H,19,22)(H,20,24). The minimum atomic E-state index is -1.25. The second kappa shape index (κ2) is 6.19. The van der Waals surface area contributed by atoms with Crippen molar-refractivity contribution in [2.75, 3.05) is 19.8 Å². The molecule has 0 radical (unpaired) electrons. The molecule has 2 N–H and O–H groups in total. The van der Waals surface area contributed by atoms with Crippen LogP contribution in [-0.2, 0) is 15.1 Å². The average molecular weight is 359 g/mol. The van der Waals surface area contributed by atoms with Gasteiger partial charge in [-0.25, -0.2) is 4.79 Å². The molecule has 0 spiro atoms. The Hall–Kier alpha value is -2.77. The van der Waals surface area contributed by atoms with E-state index in [9.17, 15) is 14.4 Å². The highest BCUT2D eigenvalue weighted by Crippen LogP contribution is 2.36. The Kier molecular flexibility index (Phi) is 3.97. The second-order valence-corrected chi connectivity index (χ2v) is 7.00. The lowest BCUT2D eigenvalue weighted by Gasteiger charge is -2.23. The first kappa shape index (κ1) is 16.7. The summed E-state index contributed by atoms with van der Waals surface area (Å²) >= 11 is 0. The van der Waals surface area contributed by atoms with Crippen LogP contribution in [0.1, 0.15) is 31.7 Å². The fourth-order valence-corrected chi connectivity index (χ4v) is 3.16. The van der Waals surface area contributed by atoms with Gasteiger partial charge in [-0.1, -0.05) is 6.07 Å². The van der Waals surface area contributed by atoms with Gasteiger partial charge >= 0.3 is 6.03 Å². The Bertz CT molecular complexity index is 776. The van der Waals surface area contributed by atoms with Crippen LogP contribution in [0.25, 0.3) is 0 Å². The number of hydrogen-bond donors (Lipinski definition) is 2. The zero-order valence-electron chi connectivity index (χ0n) is 14.5. The Labute approximate surface area is 150 Å². The summed E-state index contributed by atoms with van der Waals surface area (Å²) in [5, 5.41) is 5.49. The molecule has 0 bridgehead atoms. The normalized spacial score (nSPS) is 24.9. The summed E-state index contributed by atoms with van der Waals surface area (Å²) in [7, 11) is 0. The number of urea groups is 1. The number of carbonyl (C=O) groups is 3. The molecule has 138 valence electrons. The number of hydrogen-bond acceptors (Lipinski definition) is 5. The Balaban J connectivity index is 1.55. The highest BCUT2D eigenvalue weighted by Gasteiger charge is 2.50. The van der Waals surface area contributed by atoms with Crippen LogP contribution in [0.15, 0.2) is 18.2 Å². The number of carbonyl (C=O) groups excluding carboxylic acids is 3. The first-order valence-corrected chi connectivity index (χ1v) is 8.81. The average Bonchev–Trinajstić information content (AvgIpc) is 3.41. The molecule has 1 atom stereocenters. The molecule has 1 unspecified atom stereocenters. The lowest BCUT2D eigenvalue weighted by atomic mass is 9.91. The molecule has 4 amide bonds. The van der Waals surface area contributed by atoms with Gasteiger partial charge in [0.15, 0.2) is 11.5 Å². The fourth-order valence-electron chi connectivity index (χ4n) is 3.16. The summed E-state index contributed by atoms with van der Waals surface area (Å²) in [4.78, 5) is 38.2. The third kappa shape index (κ3) is 2.95. The zero-order chi connectivity index (χ0) is 18.3. The van der Waals surface area contributed by atoms with Crippen LogP contribution >= 0.6 is 0 Å². The molecule has 1 saturated heterocycles. The lowest BCUT2D eigenvalue weighted by Crippen LogP contribution is -2.43. The maximum atomic E-state index is 12.9. The molecule has 8 heteroatoms. The summed E-state index contributed by atoms with van der Waals surface area (Å²) in [6.45, 7) is 2.46. The summed E-state index contributed by atoms with van der Waals surface area (Å²) < 4.78 is 11.3. The molecule has 2 heterocycles. The largest absolute Gasteiger partial charge is 0.490 e. The zero-order valence-corrected chi connectivity index (χ0v) is 14.5. The van der Waals surface area contributed by atoms with E-state index >= 15 is 0 Å². The molecule has 8 nitrogen and oxygen atoms in total. The van der Waals surface area contributed by atoms with Gasteiger partial charge in [-0.15, -0.1) is 0 Å². The van der Waals surface area contributed by atoms with E-state index < -0.39 is 17.5 Å². The highest BCUT2D eigenvalue weighted by atomic mass is 16.5. The van der Waals surface area contributed by atoms with Crippen molar-refractivity contribution >= 4 is 17.8 Å². The predicted molar refractivity (Wildman–Crippen MR) is 90.8 cm³/mol. The monoisotopic (exact) mass is 359 g/mol. The molecule has 1 aromatic carbocycles. The van der Waals surface area contributed by atoms with Crippen LogP contribution in [0.4, 0.5) is 4.79 Å². The molecular weight excluding hydrogens is 338 g/mol. The fraction of sp³-hybridized carbons (Fsp3) is 0.500. The topological polar surface area (TPSA) is 97.0 Å². The number of benzene rings is 1. The molecule has 0 aromatic heterocycles. The molecule has 2 fully saturated rings. The maximum absolute atomic E-state index is 12.9. The highest BCUT2D eigenvalue weighted by molar-refractivity contribution is 6.09. The van der Waals surface area contributed by atoms with E-state index in [1.165, 1.54) is 0 Å². The quantitative estimate of drug-likeness (QED) is 0.779. The number of nitrogens with zero attached hydrogens (tertiary/aromatic N) is 1. The first-order valence-electron chi connectivity index (χ1n) is 8.81. The summed E-state index contributed by atoms with van der Waals surface area (Å²) in [5.41, 5.74) is -0.660. The summed E-state index contributed by atoms with van der Waals surface area (Å²) in [6, 6.07) is 4.79. The third-order valence-corrected chi connectivity index (χ3v) is 4.84. The van der Waals surface area contributed by atoms with Crippen molar-refractivity contribution in [3.05, 3.63) is 23.8 Å². The number of fused-ring (bicyclic) bond motifs is 1. The van der Waals surface area contributed by atoms with Gasteiger partial charge in [0, 0.05) is 12.5 Å². The van der Waals surface area contributed by atoms with E-state index in [2.05, 4.69) is 10.6 Å². The molecule has 1 aliphatic carbocycles. The number of nitrogens with one attached hydrogen (secondary N) is 2. The van der Waals surface area contributed by atoms with Gasteiger partial charge < -0.3 is 20.1 Å². The van der Waals surface area contributed by atoms with Crippen molar-refractivity contribution in [2.45, 2.75) is 37.8 Å². The smallest absolute Gasteiger partial charge is 0.325 e. The van der Waals surface area contributed by atoms with Crippen molar-refractivity contribution in [3.63, 3.8) is 0 Å². The Morgan fingerprint density at radius 1 is 1.27 bits per heavy atom. The Morgan fingerprint density at radius 3 is 2.73 bits per heavy atom.